The summed E-state index contributed by atoms with van der Waals surface area (Å²) in [6, 6.07) is 3.78. The number of pyridine rings is 1. The average Bonchev–Trinajstić information content (AvgIpc) is 2.86. The van der Waals surface area contributed by atoms with Crippen LogP contribution in [0.25, 0.3) is 10.9 Å². The van der Waals surface area contributed by atoms with Crippen molar-refractivity contribution in [2.75, 3.05) is 13.6 Å². The van der Waals surface area contributed by atoms with Gasteiger partial charge in [0.15, 0.2) is 0 Å². The Morgan fingerprint density at radius 3 is 2.72 bits per heavy atom. The lowest BCUT2D eigenvalue weighted by Crippen LogP contribution is -2.27. The highest BCUT2D eigenvalue weighted by Gasteiger charge is 2.24. The highest BCUT2D eigenvalue weighted by Crippen LogP contribution is 2.33. The van der Waals surface area contributed by atoms with E-state index in [0.29, 0.717) is 30.4 Å². The lowest BCUT2D eigenvalue weighted by Gasteiger charge is -2.24. The lowest BCUT2D eigenvalue weighted by atomic mass is 10.0. The predicted octanol–water partition coefficient (Wildman–Crippen LogP) is 3.68. The van der Waals surface area contributed by atoms with Crippen LogP contribution in [0.1, 0.15) is 16.8 Å². The second-order valence-electron chi connectivity index (χ2n) is 6.61. The Hall–Kier alpha value is -2.34. The fourth-order valence-electron chi connectivity index (χ4n) is 3.71. The molecule has 3 nitrogen and oxygen atoms in total. The molecule has 0 bridgehead atoms. The zero-order chi connectivity index (χ0) is 17.6. The molecule has 0 spiro atoms. The average molecular weight is 345 g/mol. The Kier molecular flexibility index (Phi) is 4.00. The van der Waals surface area contributed by atoms with E-state index in [1.807, 2.05) is 11.6 Å². The smallest absolute Gasteiger partial charge is 0.150 e. The molecule has 1 aromatic carbocycles. The van der Waals surface area contributed by atoms with Gasteiger partial charge < -0.3 is 9.47 Å². The molecule has 25 heavy (non-hydrogen) atoms. The second kappa shape index (κ2) is 6.19. The molecule has 130 valence electrons. The van der Waals surface area contributed by atoms with Gasteiger partial charge >= 0.3 is 0 Å². The van der Waals surface area contributed by atoms with Gasteiger partial charge in [-0.15, -0.1) is 0 Å². The Morgan fingerprint density at radius 2 is 1.92 bits per heavy atom. The Balaban J connectivity index is 1.80. The molecule has 0 radical (unpaired) electrons. The van der Waals surface area contributed by atoms with Crippen LogP contribution in [0, 0.1) is 17.5 Å². The highest BCUT2D eigenvalue weighted by molar-refractivity contribution is 5.86. The van der Waals surface area contributed by atoms with Crippen LogP contribution >= 0.6 is 0 Å². The maximum atomic E-state index is 14.5. The molecule has 3 aromatic rings. The summed E-state index contributed by atoms with van der Waals surface area (Å²) in [5.41, 5.74) is 3.22. The van der Waals surface area contributed by atoms with E-state index >= 15 is 0 Å². The third-order valence-electron chi connectivity index (χ3n) is 4.84. The molecule has 1 aliphatic rings. The summed E-state index contributed by atoms with van der Waals surface area (Å²) in [5.74, 6) is -1.50. The van der Waals surface area contributed by atoms with Crippen molar-refractivity contribution < 1.29 is 13.2 Å². The number of nitrogens with zero attached hydrogens (tertiary/aromatic N) is 3. The summed E-state index contributed by atoms with van der Waals surface area (Å²) in [7, 11) is 2.00. The third kappa shape index (κ3) is 2.91. The molecule has 0 saturated heterocycles. The Morgan fingerprint density at radius 1 is 1.08 bits per heavy atom. The van der Waals surface area contributed by atoms with E-state index in [9.17, 15) is 13.2 Å². The summed E-state index contributed by atoms with van der Waals surface area (Å²) in [5, 5.41) is 0.636. The van der Waals surface area contributed by atoms with E-state index in [1.165, 1.54) is 12.1 Å². The largest absolute Gasteiger partial charge is 0.342 e. The van der Waals surface area contributed by atoms with Gasteiger partial charge in [0.05, 0.1) is 11.7 Å². The monoisotopic (exact) mass is 345 g/mol. The molecule has 4 rings (SSSR count). The molecular weight excluding hydrogens is 327 g/mol. The van der Waals surface area contributed by atoms with Crippen molar-refractivity contribution in [3.8, 4) is 0 Å². The molecule has 0 N–H and O–H groups in total. The molecule has 0 aliphatic carbocycles. The molecule has 3 heterocycles. The van der Waals surface area contributed by atoms with Crippen LogP contribution in [0.15, 0.2) is 30.6 Å². The molecule has 0 atom stereocenters. The maximum absolute atomic E-state index is 14.5. The summed E-state index contributed by atoms with van der Waals surface area (Å²) in [6.07, 6.45) is 4.09. The fraction of sp³-hybridized carbons (Fsp3) is 0.316. The van der Waals surface area contributed by atoms with E-state index in [4.69, 9.17) is 0 Å². The number of rotatable bonds is 3. The highest BCUT2D eigenvalue weighted by atomic mass is 19.1. The fourth-order valence-corrected chi connectivity index (χ4v) is 3.71. The van der Waals surface area contributed by atoms with E-state index in [1.54, 1.807) is 6.20 Å². The minimum absolute atomic E-state index is 0.383. The van der Waals surface area contributed by atoms with Crippen molar-refractivity contribution in [1.82, 2.24) is 14.5 Å². The van der Waals surface area contributed by atoms with Crippen molar-refractivity contribution in [3.63, 3.8) is 0 Å². The van der Waals surface area contributed by atoms with Gasteiger partial charge in [0, 0.05) is 49.4 Å². The Labute approximate surface area is 143 Å². The van der Waals surface area contributed by atoms with Gasteiger partial charge in [0.1, 0.15) is 17.5 Å². The number of aromatic nitrogens is 2. The van der Waals surface area contributed by atoms with Crippen molar-refractivity contribution >= 4 is 10.9 Å². The van der Waals surface area contributed by atoms with Crippen molar-refractivity contribution in [1.29, 1.82) is 0 Å². The number of likely N-dealkylation sites (N-methyl/N-ethyl adjacent to an activating group) is 1. The van der Waals surface area contributed by atoms with Crippen LogP contribution < -0.4 is 0 Å². The minimum Gasteiger partial charge on any atom is -0.342 e. The standard InChI is InChI=1S/C19H18F3N3/c1-24-4-3-18-16(11-24)15-7-13(20)8-17(22)19(15)25(18)5-2-12-6-14(21)10-23-9-12/h6-10H,2-5,11H2,1H3. The number of hydrogen-bond donors (Lipinski definition) is 0. The van der Waals surface area contributed by atoms with Gasteiger partial charge in [0.25, 0.3) is 0 Å². The number of benzene rings is 1. The molecule has 0 amide bonds. The predicted molar refractivity (Wildman–Crippen MR) is 89.8 cm³/mol. The van der Waals surface area contributed by atoms with Crippen LogP contribution in [-0.2, 0) is 25.9 Å². The second-order valence-corrected chi connectivity index (χ2v) is 6.61. The SMILES string of the molecule is CN1CCc2c(c3cc(F)cc(F)c3n2CCc2cncc(F)c2)C1. The first-order valence-electron chi connectivity index (χ1n) is 8.30. The number of fused-ring (bicyclic) bond motifs is 3. The van der Waals surface area contributed by atoms with Gasteiger partial charge in [-0.2, -0.15) is 0 Å². The van der Waals surface area contributed by atoms with E-state index in [2.05, 4.69) is 9.88 Å². The molecule has 0 unspecified atom stereocenters. The summed E-state index contributed by atoms with van der Waals surface area (Å²) < 4.78 is 43.6. The Bertz CT molecular complexity index is 949. The van der Waals surface area contributed by atoms with Gasteiger partial charge in [-0.1, -0.05) is 0 Å². The van der Waals surface area contributed by atoms with Crippen molar-refractivity contribution in [3.05, 3.63) is 64.9 Å². The molecule has 2 aromatic heterocycles. The molecular formula is C19H18F3N3. The molecule has 1 aliphatic heterocycles. The topological polar surface area (TPSA) is 21.1 Å². The lowest BCUT2D eigenvalue weighted by molar-refractivity contribution is 0.309. The summed E-state index contributed by atoms with van der Waals surface area (Å²) in [4.78, 5) is 6.00. The van der Waals surface area contributed by atoms with Gasteiger partial charge in [-0.25, -0.2) is 13.2 Å². The van der Waals surface area contributed by atoms with E-state index in [-0.39, 0.29) is 5.82 Å². The first kappa shape index (κ1) is 16.1. The van der Waals surface area contributed by atoms with Crippen molar-refractivity contribution in [2.24, 2.45) is 0 Å². The van der Waals surface area contributed by atoms with Crippen LogP contribution in [0.5, 0.6) is 0 Å². The van der Waals surface area contributed by atoms with Gasteiger partial charge in [-0.3, -0.25) is 4.98 Å². The van der Waals surface area contributed by atoms with Crippen LogP contribution in [-0.4, -0.2) is 28.0 Å². The normalized spacial score (nSPS) is 14.9. The minimum atomic E-state index is -0.562. The van der Waals surface area contributed by atoms with Crippen LogP contribution in [0.2, 0.25) is 0 Å². The van der Waals surface area contributed by atoms with E-state index in [0.717, 1.165) is 42.0 Å². The van der Waals surface area contributed by atoms with Gasteiger partial charge in [0.2, 0.25) is 0 Å². The van der Waals surface area contributed by atoms with Crippen LogP contribution in [0.3, 0.4) is 0 Å². The first-order chi connectivity index (χ1) is 12.0. The van der Waals surface area contributed by atoms with Crippen LogP contribution in [0.4, 0.5) is 13.2 Å². The summed E-state index contributed by atoms with van der Waals surface area (Å²) in [6.45, 7) is 2.04. The zero-order valence-corrected chi connectivity index (χ0v) is 13.9. The number of aryl methyl sites for hydroxylation is 2. The molecule has 6 heteroatoms. The summed E-state index contributed by atoms with van der Waals surface area (Å²) >= 11 is 0. The number of halogens is 3. The zero-order valence-electron chi connectivity index (χ0n) is 13.9. The maximum Gasteiger partial charge on any atom is 0.150 e. The molecule has 0 saturated carbocycles. The first-order valence-corrected chi connectivity index (χ1v) is 8.30. The van der Waals surface area contributed by atoms with E-state index < -0.39 is 11.6 Å². The number of hydrogen-bond acceptors (Lipinski definition) is 2. The van der Waals surface area contributed by atoms with Crippen molar-refractivity contribution in [2.45, 2.75) is 25.9 Å². The molecule has 0 fully saturated rings. The quantitative estimate of drug-likeness (QED) is 0.722. The third-order valence-corrected chi connectivity index (χ3v) is 4.84. The van der Waals surface area contributed by atoms with Gasteiger partial charge in [-0.05, 0) is 36.7 Å².